The van der Waals surface area contributed by atoms with Gasteiger partial charge in [0.05, 0.1) is 12.2 Å². The van der Waals surface area contributed by atoms with Crippen molar-refractivity contribution >= 4 is 11.9 Å². The Morgan fingerprint density at radius 2 is 1.85 bits per heavy atom. The van der Waals surface area contributed by atoms with Crippen LogP contribution in [-0.4, -0.2) is 23.5 Å². The lowest BCUT2D eigenvalue weighted by Crippen LogP contribution is -2.11. The van der Waals surface area contributed by atoms with E-state index in [1.54, 1.807) is 42.6 Å². The van der Waals surface area contributed by atoms with Gasteiger partial charge in [-0.25, -0.2) is 4.79 Å². The Labute approximate surface area is 116 Å². The van der Waals surface area contributed by atoms with Gasteiger partial charge in [0.1, 0.15) is 0 Å². The van der Waals surface area contributed by atoms with Gasteiger partial charge in [-0.1, -0.05) is 12.1 Å². The standard InChI is InChI=1S/C15H14N2O3/c16-14(18)12-5-3-11(4-6-12)7-9-20-15(19)13-2-1-8-17-10-13/h1-6,8,10H,7,9H2,(H2,16,18). The Kier molecular flexibility index (Phi) is 4.44. The molecule has 0 spiro atoms. The maximum atomic E-state index is 11.7. The van der Waals surface area contributed by atoms with Gasteiger partial charge in [0, 0.05) is 24.4 Å². The second kappa shape index (κ2) is 6.47. The summed E-state index contributed by atoms with van der Waals surface area (Å²) in [6.07, 6.45) is 3.63. The number of esters is 1. The van der Waals surface area contributed by atoms with Crippen LogP contribution < -0.4 is 5.73 Å². The van der Waals surface area contributed by atoms with Crippen molar-refractivity contribution < 1.29 is 14.3 Å². The number of ether oxygens (including phenoxy) is 1. The minimum Gasteiger partial charge on any atom is -0.462 e. The Hall–Kier alpha value is -2.69. The average molecular weight is 270 g/mol. The first-order valence-electron chi connectivity index (χ1n) is 6.13. The Morgan fingerprint density at radius 3 is 2.45 bits per heavy atom. The smallest absolute Gasteiger partial charge is 0.339 e. The van der Waals surface area contributed by atoms with Gasteiger partial charge in [0.15, 0.2) is 0 Å². The summed E-state index contributed by atoms with van der Waals surface area (Å²) >= 11 is 0. The summed E-state index contributed by atoms with van der Waals surface area (Å²) < 4.78 is 5.14. The lowest BCUT2D eigenvalue weighted by atomic mass is 10.1. The van der Waals surface area contributed by atoms with Crippen molar-refractivity contribution in [2.24, 2.45) is 5.73 Å². The summed E-state index contributed by atoms with van der Waals surface area (Å²) in [7, 11) is 0. The molecule has 5 heteroatoms. The highest BCUT2D eigenvalue weighted by molar-refractivity contribution is 5.92. The minimum absolute atomic E-state index is 0.268. The van der Waals surface area contributed by atoms with Crippen LogP contribution in [0.5, 0.6) is 0 Å². The highest BCUT2D eigenvalue weighted by Gasteiger charge is 2.06. The number of benzene rings is 1. The normalized spacial score (nSPS) is 10.0. The zero-order valence-corrected chi connectivity index (χ0v) is 10.8. The van der Waals surface area contributed by atoms with E-state index in [1.165, 1.54) is 6.20 Å². The van der Waals surface area contributed by atoms with Gasteiger partial charge in [-0.05, 0) is 29.8 Å². The first-order chi connectivity index (χ1) is 9.66. The van der Waals surface area contributed by atoms with Crippen molar-refractivity contribution in [2.75, 3.05) is 6.61 Å². The molecule has 1 amide bonds. The van der Waals surface area contributed by atoms with Crippen LogP contribution in [0.2, 0.25) is 0 Å². The van der Waals surface area contributed by atoms with E-state index in [0.717, 1.165) is 5.56 Å². The molecular weight excluding hydrogens is 256 g/mol. The molecule has 0 saturated carbocycles. The quantitative estimate of drug-likeness (QED) is 0.836. The van der Waals surface area contributed by atoms with Gasteiger partial charge >= 0.3 is 5.97 Å². The molecule has 2 rings (SSSR count). The van der Waals surface area contributed by atoms with Crippen molar-refractivity contribution in [3.8, 4) is 0 Å². The fraction of sp³-hybridized carbons (Fsp3) is 0.133. The second-order valence-electron chi connectivity index (χ2n) is 4.19. The fourth-order valence-corrected chi connectivity index (χ4v) is 1.66. The lowest BCUT2D eigenvalue weighted by molar-refractivity contribution is 0.0508. The molecule has 0 aliphatic heterocycles. The van der Waals surface area contributed by atoms with Gasteiger partial charge in [0.2, 0.25) is 5.91 Å². The topological polar surface area (TPSA) is 82.3 Å². The zero-order valence-electron chi connectivity index (χ0n) is 10.8. The van der Waals surface area contributed by atoms with Crippen LogP contribution >= 0.6 is 0 Å². The van der Waals surface area contributed by atoms with E-state index in [0.29, 0.717) is 17.5 Å². The predicted molar refractivity (Wildman–Crippen MR) is 73.2 cm³/mol. The van der Waals surface area contributed by atoms with Crippen molar-refractivity contribution in [1.82, 2.24) is 4.98 Å². The van der Waals surface area contributed by atoms with Crippen molar-refractivity contribution in [3.05, 3.63) is 65.5 Å². The summed E-state index contributed by atoms with van der Waals surface area (Å²) in [6, 6.07) is 10.2. The molecular formula is C15H14N2O3. The molecule has 0 saturated heterocycles. The molecule has 1 aromatic heterocycles. The summed E-state index contributed by atoms with van der Waals surface area (Å²) in [5.41, 5.74) is 7.01. The number of amides is 1. The molecule has 0 fully saturated rings. The molecule has 0 unspecified atom stereocenters. The molecule has 102 valence electrons. The Balaban J connectivity index is 1.84. The van der Waals surface area contributed by atoms with Crippen LogP contribution in [0.25, 0.3) is 0 Å². The molecule has 5 nitrogen and oxygen atoms in total. The molecule has 2 N–H and O–H groups in total. The number of carbonyl (C=O) groups is 2. The van der Waals surface area contributed by atoms with Crippen LogP contribution in [0.15, 0.2) is 48.8 Å². The van der Waals surface area contributed by atoms with Crippen LogP contribution in [0.3, 0.4) is 0 Å². The van der Waals surface area contributed by atoms with Crippen molar-refractivity contribution in [2.45, 2.75) is 6.42 Å². The Bertz CT molecular complexity index is 594. The van der Waals surface area contributed by atoms with Gasteiger partial charge in [-0.15, -0.1) is 0 Å². The molecule has 0 radical (unpaired) electrons. The third-order valence-corrected chi connectivity index (χ3v) is 2.76. The monoisotopic (exact) mass is 270 g/mol. The molecule has 0 atom stereocenters. The maximum absolute atomic E-state index is 11.7. The van der Waals surface area contributed by atoms with Crippen LogP contribution in [0.4, 0.5) is 0 Å². The van der Waals surface area contributed by atoms with Gasteiger partial charge in [-0.2, -0.15) is 0 Å². The number of carbonyl (C=O) groups excluding carboxylic acids is 2. The Morgan fingerprint density at radius 1 is 1.10 bits per heavy atom. The molecule has 0 bridgehead atoms. The number of aromatic nitrogens is 1. The zero-order chi connectivity index (χ0) is 14.4. The van der Waals surface area contributed by atoms with Gasteiger partial charge in [-0.3, -0.25) is 9.78 Å². The molecule has 2 aromatic rings. The van der Waals surface area contributed by atoms with E-state index in [1.807, 2.05) is 0 Å². The van der Waals surface area contributed by atoms with Crippen molar-refractivity contribution in [3.63, 3.8) is 0 Å². The number of nitrogens with zero attached hydrogens (tertiary/aromatic N) is 1. The van der Waals surface area contributed by atoms with E-state index in [4.69, 9.17) is 10.5 Å². The number of pyridine rings is 1. The first-order valence-corrected chi connectivity index (χ1v) is 6.13. The van der Waals surface area contributed by atoms with Gasteiger partial charge in [0.25, 0.3) is 0 Å². The van der Waals surface area contributed by atoms with E-state index >= 15 is 0 Å². The van der Waals surface area contributed by atoms with Crippen LogP contribution in [0.1, 0.15) is 26.3 Å². The molecule has 0 aliphatic rings. The third kappa shape index (κ3) is 3.65. The summed E-state index contributed by atoms with van der Waals surface area (Å²) in [6.45, 7) is 0.268. The first kappa shape index (κ1) is 13.7. The summed E-state index contributed by atoms with van der Waals surface area (Å²) in [4.78, 5) is 26.4. The number of nitrogens with two attached hydrogens (primary N) is 1. The van der Waals surface area contributed by atoms with Gasteiger partial charge < -0.3 is 10.5 Å². The molecule has 0 aliphatic carbocycles. The summed E-state index contributed by atoms with van der Waals surface area (Å²) in [5, 5.41) is 0. The van der Waals surface area contributed by atoms with Crippen molar-refractivity contribution in [1.29, 1.82) is 0 Å². The predicted octanol–water partition coefficient (Wildman–Crippen LogP) is 1.58. The lowest BCUT2D eigenvalue weighted by Gasteiger charge is -2.05. The largest absolute Gasteiger partial charge is 0.462 e. The highest BCUT2D eigenvalue weighted by atomic mass is 16.5. The van der Waals surface area contributed by atoms with Crippen LogP contribution in [0, 0.1) is 0 Å². The minimum atomic E-state index is -0.459. The molecule has 1 heterocycles. The molecule has 20 heavy (non-hydrogen) atoms. The number of primary amides is 1. The van der Waals surface area contributed by atoms with E-state index in [9.17, 15) is 9.59 Å². The molecule has 1 aromatic carbocycles. The highest BCUT2D eigenvalue weighted by Crippen LogP contribution is 2.06. The number of rotatable bonds is 5. The maximum Gasteiger partial charge on any atom is 0.339 e. The average Bonchev–Trinajstić information content (AvgIpc) is 2.48. The fourth-order valence-electron chi connectivity index (χ4n) is 1.66. The number of hydrogen-bond donors (Lipinski definition) is 1. The SMILES string of the molecule is NC(=O)c1ccc(CCOC(=O)c2cccnc2)cc1. The van der Waals surface area contributed by atoms with E-state index < -0.39 is 11.9 Å². The van der Waals surface area contributed by atoms with E-state index in [-0.39, 0.29) is 6.61 Å². The summed E-state index contributed by atoms with van der Waals surface area (Å²) in [5.74, 6) is -0.855. The van der Waals surface area contributed by atoms with E-state index in [2.05, 4.69) is 4.98 Å². The second-order valence-corrected chi connectivity index (χ2v) is 4.19. The third-order valence-electron chi connectivity index (χ3n) is 2.76. The van der Waals surface area contributed by atoms with Crippen LogP contribution in [-0.2, 0) is 11.2 Å². The number of hydrogen-bond acceptors (Lipinski definition) is 4.